The third kappa shape index (κ3) is 2.87. The maximum atomic E-state index is 10.8. The summed E-state index contributed by atoms with van der Waals surface area (Å²) in [5.41, 5.74) is -0.173. The van der Waals surface area contributed by atoms with Gasteiger partial charge in [-0.25, -0.2) is 4.79 Å². The van der Waals surface area contributed by atoms with E-state index in [4.69, 9.17) is 9.84 Å². The summed E-state index contributed by atoms with van der Waals surface area (Å²) < 4.78 is 5.28. The maximum absolute atomic E-state index is 10.8. The summed E-state index contributed by atoms with van der Waals surface area (Å²) in [7, 11) is 0. The molecule has 0 saturated heterocycles. The Balaban J connectivity index is 2.86. The second kappa shape index (κ2) is 5.24. The molecular formula is C11H14O4. The normalized spacial score (nSPS) is 9.93. The van der Waals surface area contributed by atoms with Crippen molar-refractivity contribution in [2.75, 3.05) is 6.61 Å². The average molecular weight is 210 g/mol. The lowest BCUT2D eigenvalue weighted by molar-refractivity contribution is 0.0689. The predicted octanol–water partition coefficient (Wildman–Crippen LogP) is 2.27. The molecule has 4 nitrogen and oxygen atoms in total. The minimum absolute atomic E-state index is 0.173. The number of carbonyl (C=O) groups is 1. The molecule has 0 aliphatic rings. The molecule has 0 fully saturated rings. The van der Waals surface area contributed by atoms with E-state index in [1.54, 1.807) is 12.1 Å². The van der Waals surface area contributed by atoms with Gasteiger partial charge in [0.1, 0.15) is 17.1 Å². The Morgan fingerprint density at radius 3 is 2.80 bits per heavy atom. The third-order valence-electron chi connectivity index (χ3n) is 1.97. The topological polar surface area (TPSA) is 66.8 Å². The molecule has 4 heteroatoms. The minimum Gasteiger partial charge on any atom is -0.507 e. The van der Waals surface area contributed by atoms with Crippen LogP contribution in [0.15, 0.2) is 18.2 Å². The lowest BCUT2D eigenvalue weighted by Crippen LogP contribution is -2.04. The van der Waals surface area contributed by atoms with Gasteiger partial charge < -0.3 is 14.9 Å². The zero-order valence-corrected chi connectivity index (χ0v) is 8.56. The molecular weight excluding hydrogens is 196 g/mol. The van der Waals surface area contributed by atoms with E-state index < -0.39 is 5.97 Å². The summed E-state index contributed by atoms with van der Waals surface area (Å²) in [5, 5.41) is 18.2. The van der Waals surface area contributed by atoms with Crippen molar-refractivity contribution in [2.45, 2.75) is 19.8 Å². The number of aromatic carboxylic acids is 1. The molecule has 1 aromatic carbocycles. The average Bonchev–Trinajstić information content (AvgIpc) is 2.17. The first kappa shape index (κ1) is 11.4. The molecule has 0 unspecified atom stereocenters. The molecule has 0 spiro atoms. The van der Waals surface area contributed by atoms with Crippen molar-refractivity contribution in [1.29, 1.82) is 0 Å². The summed E-state index contributed by atoms with van der Waals surface area (Å²) in [6, 6.07) is 4.43. The van der Waals surface area contributed by atoms with E-state index in [1.807, 2.05) is 6.92 Å². The molecule has 2 N–H and O–H groups in total. The molecule has 1 aromatic rings. The molecule has 0 amide bonds. The zero-order chi connectivity index (χ0) is 11.3. The van der Waals surface area contributed by atoms with Crippen LogP contribution in [0, 0.1) is 0 Å². The van der Waals surface area contributed by atoms with Crippen molar-refractivity contribution in [1.82, 2.24) is 0 Å². The van der Waals surface area contributed by atoms with Crippen LogP contribution in [0.25, 0.3) is 0 Å². The van der Waals surface area contributed by atoms with Crippen LogP contribution in [-0.4, -0.2) is 22.8 Å². The van der Waals surface area contributed by atoms with Crippen LogP contribution in [0.1, 0.15) is 30.1 Å². The molecule has 0 bridgehead atoms. The summed E-state index contributed by atoms with van der Waals surface area (Å²) in [6.45, 7) is 2.48. The molecule has 15 heavy (non-hydrogen) atoms. The van der Waals surface area contributed by atoms with Crippen LogP contribution in [0.3, 0.4) is 0 Å². The van der Waals surface area contributed by atoms with Crippen LogP contribution in [0.2, 0.25) is 0 Å². The van der Waals surface area contributed by atoms with Crippen LogP contribution < -0.4 is 4.74 Å². The number of phenols is 1. The lowest BCUT2D eigenvalue weighted by Gasteiger charge is -2.09. The standard InChI is InChI=1S/C11H14O4/c1-2-3-7-15-9-6-4-5-8(12)10(9)11(13)14/h4-6,12H,2-3,7H2,1H3,(H,13,14). The van der Waals surface area contributed by atoms with Gasteiger partial charge in [0.2, 0.25) is 0 Å². The Kier molecular flexibility index (Phi) is 3.97. The van der Waals surface area contributed by atoms with Gasteiger partial charge in [-0.15, -0.1) is 0 Å². The van der Waals surface area contributed by atoms with Gasteiger partial charge in [-0.2, -0.15) is 0 Å². The number of carboxylic acid groups (broad SMARTS) is 1. The highest BCUT2D eigenvalue weighted by Gasteiger charge is 2.15. The molecule has 0 heterocycles. The van der Waals surface area contributed by atoms with Crippen molar-refractivity contribution >= 4 is 5.97 Å². The van der Waals surface area contributed by atoms with E-state index >= 15 is 0 Å². The van der Waals surface area contributed by atoms with Crippen LogP contribution in [0.5, 0.6) is 11.5 Å². The fourth-order valence-corrected chi connectivity index (χ4v) is 1.18. The summed E-state index contributed by atoms with van der Waals surface area (Å²) in [4.78, 5) is 10.8. The Labute approximate surface area is 88.1 Å². The second-order valence-electron chi connectivity index (χ2n) is 3.16. The van der Waals surface area contributed by atoms with Gasteiger partial charge in [0, 0.05) is 0 Å². The van der Waals surface area contributed by atoms with Crippen molar-refractivity contribution in [3.05, 3.63) is 23.8 Å². The SMILES string of the molecule is CCCCOc1cccc(O)c1C(=O)O. The lowest BCUT2D eigenvalue weighted by atomic mass is 10.2. The molecule has 0 radical (unpaired) electrons. The highest BCUT2D eigenvalue weighted by Crippen LogP contribution is 2.27. The van der Waals surface area contributed by atoms with Gasteiger partial charge >= 0.3 is 5.97 Å². The Morgan fingerprint density at radius 1 is 1.47 bits per heavy atom. The van der Waals surface area contributed by atoms with Gasteiger partial charge in [0.15, 0.2) is 0 Å². The van der Waals surface area contributed by atoms with Crippen molar-refractivity contribution in [3.63, 3.8) is 0 Å². The second-order valence-corrected chi connectivity index (χ2v) is 3.16. The summed E-state index contributed by atoms with van der Waals surface area (Å²) in [5.74, 6) is -1.23. The molecule has 82 valence electrons. The number of hydrogen-bond acceptors (Lipinski definition) is 3. The number of carboxylic acids is 1. The number of aromatic hydroxyl groups is 1. The van der Waals surface area contributed by atoms with E-state index in [0.717, 1.165) is 12.8 Å². The van der Waals surface area contributed by atoms with Gasteiger partial charge in [0.05, 0.1) is 6.61 Å². The molecule has 0 saturated carbocycles. The minimum atomic E-state index is -1.18. The number of benzene rings is 1. The van der Waals surface area contributed by atoms with E-state index in [-0.39, 0.29) is 17.1 Å². The number of unbranched alkanes of at least 4 members (excludes halogenated alkanes) is 1. The number of ether oxygens (including phenoxy) is 1. The van der Waals surface area contributed by atoms with Gasteiger partial charge in [-0.3, -0.25) is 0 Å². The number of hydrogen-bond donors (Lipinski definition) is 2. The van der Waals surface area contributed by atoms with Gasteiger partial charge in [-0.05, 0) is 18.6 Å². The molecule has 0 aromatic heterocycles. The zero-order valence-electron chi connectivity index (χ0n) is 8.56. The maximum Gasteiger partial charge on any atom is 0.343 e. The van der Waals surface area contributed by atoms with E-state index in [1.165, 1.54) is 6.07 Å². The molecule has 0 atom stereocenters. The smallest absolute Gasteiger partial charge is 0.343 e. The monoisotopic (exact) mass is 210 g/mol. The largest absolute Gasteiger partial charge is 0.507 e. The van der Waals surface area contributed by atoms with Crippen LogP contribution >= 0.6 is 0 Å². The Bertz CT molecular complexity index is 346. The third-order valence-corrected chi connectivity index (χ3v) is 1.97. The van der Waals surface area contributed by atoms with Crippen LogP contribution in [0.4, 0.5) is 0 Å². The quantitative estimate of drug-likeness (QED) is 0.731. The summed E-state index contributed by atoms with van der Waals surface area (Å²) in [6.07, 6.45) is 1.83. The predicted molar refractivity (Wildman–Crippen MR) is 55.5 cm³/mol. The molecule has 1 rings (SSSR count). The number of rotatable bonds is 5. The first-order chi connectivity index (χ1) is 7.16. The van der Waals surface area contributed by atoms with Crippen molar-refractivity contribution in [3.8, 4) is 11.5 Å². The molecule has 0 aliphatic carbocycles. The van der Waals surface area contributed by atoms with Crippen molar-refractivity contribution in [2.24, 2.45) is 0 Å². The first-order valence-corrected chi connectivity index (χ1v) is 4.85. The highest BCUT2D eigenvalue weighted by atomic mass is 16.5. The van der Waals surface area contributed by atoms with E-state index in [2.05, 4.69) is 0 Å². The van der Waals surface area contributed by atoms with Crippen LogP contribution in [-0.2, 0) is 0 Å². The van der Waals surface area contributed by atoms with E-state index in [0.29, 0.717) is 6.61 Å². The molecule has 0 aliphatic heterocycles. The fourth-order valence-electron chi connectivity index (χ4n) is 1.18. The van der Waals surface area contributed by atoms with E-state index in [9.17, 15) is 9.90 Å². The van der Waals surface area contributed by atoms with Gasteiger partial charge in [0.25, 0.3) is 0 Å². The fraction of sp³-hybridized carbons (Fsp3) is 0.364. The Morgan fingerprint density at radius 2 is 2.20 bits per heavy atom. The summed E-state index contributed by atoms with van der Waals surface area (Å²) >= 11 is 0. The van der Waals surface area contributed by atoms with Gasteiger partial charge in [-0.1, -0.05) is 19.4 Å². The first-order valence-electron chi connectivity index (χ1n) is 4.85. The Hall–Kier alpha value is -1.71. The van der Waals surface area contributed by atoms with Crippen molar-refractivity contribution < 1.29 is 19.7 Å². The highest BCUT2D eigenvalue weighted by molar-refractivity contribution is 5.93.